The summed E-state index contributed by atoms with van der Waals surface area (Å²) in [5.74, 6) is 1.83. The molecular formula is C32H34I2N6. The van der Waals surface area contributed by atoms with Gasteiger partial charge in [-0.3, -0.25) is 10.9 Å². The lowest BCUT2D eigenvalue weighted by Gasteiger charge is -2.19. The van der Waals surface area contributed by atoms with Crippen LogP contribution in [0, 0.1) is 7.14 Å². The molecular weight excluding hydrogens is 722 g/mol. The molecule has 8 heteroatoms. The minimum absolute atomic E-state index is 0.332. The van der Waals surface area contributed by atoms with E-state index in [2.05, 4.69) is 131 Å². The summed E-state index contributed by atoms with van der Waals surface area (Å²) in [6.45, 7) is 8.72. The van der Waals surface area contributed by atoms with Gasteiger partial charge in [-0.05, 0) is 111 Å². The molecule has 0 aliphatic rings. The Hall–Kier alpha value is -3.12. The minimum atomic E-state index is 0.332. The quantitative estimate of drug-likeness (QED) is 0.0686. The smallest absolute Gasteiger partial charge is 0.220 e. The van der Waals surface area contributed by atoms with Crippen LogP contribution in [0.1, 0.15) is 50.7 Å². The van der Waals surface area contributed by atoms with Gasteiger partial charge < -0.3 is 10.6 Å². The zero-order valence-corrected chi connectivity index (χ0v) is 27.4. The number of rotatable bonds is 6. The highest BCUT2D eigenvalue weighted by atomic mass is 127. The third-order valence-corrected chi connectivity index (χ3v) is 8.00. The number of hydrazine groups is 1. The normalized spacial score (nSPS) is 12.0. The van der Waals surface area contributed by atoms with Crippen molar-refractivity contribution >= 4 is 79.9 Å². The molecule has 0 heterocycles. The second-order valence-electron chi connectivity index (χ2n) is 9.84. The molecule has 0 unspecified atom stereocenters. The number of aliphatic imine (C=N–C) groups is 2. The first kappa shape index (κ1) is 29.9. The van der Waals surface area contributed by atoms with Crippen molar-refractivity contribution in [2.75, 3.05) is 10.6 Å². The van der Waals surface area contributed by atoms with Crippen molar-refractivity contribution in [2.45, 2.75) is 39.5 Å². The molecule has 4 N–H and O–H groups in total. The van der Waals surface area contributed by atoms with Crippen molar-refractivity contribution in [3.05, 3.63) is 115 Å². The summed E-state index contributed by atoms with van der Waals surface area (Å²) >= 11 is 4.64. The van der Waals surface area contributed by atoms with Crippen LogP contribution in [0.2, 0.25) is 0 Å². The molecule has 40 heavy (non-hydrogen) atoms. The molecule has 4 aromatic carbocycles. The van der Waals surface area contributed by atoms with E-state index in [-0.39, 0.29) is 0 Å². The van der Waals surface area contributed by atoms with Crippen molar-refractivity contribution in [3.63, 3.8) is 0 Å². The van der Waals surface area contributed by atoms with Crippen LogP contribution in [0.15, 0.2) is 107 Å². The van der Waals surface area contributed by atoms with Crippen LogP contribution in [0.5, 0.6) is 0 Å². The Morgan fingerprint density at radius 1 is 0.600 bits per heavy atom. The van der Waals surface area contributed by atoms with Crippen molar-refractivity contribution in [2.24, 2.45) is 9.98 Å². The minimum Gasteiger partial charge on any atom is -0.324 e. The Bertz CT molecular complexity index is 1500. The summed E-state index contributed by atoms with van der Waals surface area (Å²) in [5.41, 5.74) is 12.6. The number of nitrogens with zero attached hydrogens (tertiary/aromatic N) is 2. The summed E-state index contributed by atoms with van der Waals surface area (Å²) in [5, 5.41) is 6.92. The first-order valence-electron chi connectivity index (χ1n) is 13.2. The fourth-order valence-corrected chi connectivity index (χ4v) is 5.00. The Kier molecular flexibility index (Phi) is 10.8. The van der Waals surface area contributed by atoms with Crippen LogP contribution in [-0.2, 0) is 0 Å². The molecule has 4 aromatic rings. The Balaban J connectivity index is 1.70. The lowest BCUT2D eigenvalue weighted by Crippen LogP contribution is -2.47. The van der Waals surface area contributed by atoms with Crippen molar-refractivity contribution in [1.82, 2.24) is 10.9 Å². The van der Waals surface area contributed by atoms with Gasteiger partial charge in [0.25, 0.3) is 0 Å². The fraction of sp³-hybridized carbons (Fsp3) is 0.188. The van der Waals surface area contributed by atoms with Gasteiger partial charge in [-0.15, -0.1) is 0 Å². The first-order chi connectivity index (χ1) is 19.3. The Labute approximate surface area is 264 Å². The molecule has 0 radical (unpaired) electrons. The van der Waals surface area contributed by atoms with Crippen molar-refractivity contribution in [3.8, 4) is 0 Å². The largest absolute Gasteiger partial charge is 0.324 e. The molecule has 0 saturated heterocycles. The van der Waals surface area contributed by atoms with Gasteiger partial charge in [0.2, 0.25) is 11.9 Å². The maximum Gasteiger partial charge on any atom is 0.220 e. The number of halogens is 2. The van der Waals surface area contributed by atoms with E-state index < -0.39 is 0 Å². The van der Waals surface area contributed by atoms with Crippen LogP contribution in [0.4, 0.5) is 22.7 Å². The van der Waals surface area contributed by atoms with Crippen LogP contribution < -0.4 is 21.5 Å². The third-order valence-electron chi connectivity index (χ3n) is 6.12. The Morgan fingerprint density at radius 2 is 1.15 bits per heavy atom. The van der Waals surface area contributed by atoms with Gasteiger partial charge in [0, 0.05) is 7.14 Å². The molecule has 0 atom stereocenters. The Morgan fingerprint density at radius 3 is 1.73 bits per heavy atom. The van der Waals surface area contributed by atoms with Gasteiger partial charge in [0.05, 0.1) is 22.7 Å². The fourth-order valence-electron chi connectivity index (χ4n) is 3.95. The zero-order valence-electron chi connectivity index (χ0n) is 23.0. The maximum absolute atomic E-state index is 5.00. The van der Waals surface area contributed by atoms with Gasteiger partial charge in [-0.2, -0.15) is 0 Å². The molecule has 6 nitrogen and oxygen atoms in total. The van der Waals surface area contributed by atoms with Crippen molar-refractivity contribution in [1.29, 1.82) is 0 Å². The number of hydrogen-bond acceptors (Lipinski definition) is 2. The van der Waals surface area contributed by atoms with E-state index in [9.17, 15) is 0 Å². The number of anilines is 2. The van der Waals surface area contributed by atoms with Gasteiger partial charge in [0.15, 0.2) is 0 Å². The first-order valence-corrected chi connectivity index (χ1v) is 15.4. The average Bonchev–Trinajstić information content (AvgIpc) is 2.94. The molecule has 0 aliphatic carbocycles. The maximum atomic E-state index is 5.00. The molecule has 0 saturated carbocycles. The molecule has 0 aliphatic heterocycles. The van der Waals surface area contributed by atoms with Crippen molar-refractivity contribution < 1.29 is 0 Å². The van der Waals surface area contributed by atoms with Gasteiger partial charge in [-0.1, -0.05) is 82.3 Å². The van der Waals surface area contributed by atoms with E-state index in [1.807, 2.05) is 60.7 Å². The lowest BCUT2D eigenvalue weighted by molar-refractivity contribution is 0.849. The predicted molar refractivity (Wildman–Crippen MR) is 187 cm³/mol. The number of guanidine groups is 2. The summed E-state index contributed by atoms with van der Waals surface area (Å²) in [4.78, 5) is 9.93. The molecule has 0 fully saturated rings. The molecule has 0 spiro atoms. The average molecular weight is 756 g/mol. The van der Waals surface area contributed by atoms with Gasteiger partial charge in [-0.25, -0.2) is 9.98 Å². The van der Waals surface area contributed by atoms with E-state index in [1.54, 1.807) is 0 Å². The van der Waals surface area contributed by atoms with E-state index in [4.69, 9.17) is 9.98 Å². The summed E-state index contributed by atoms with van der Waals surface area (Å²) in [6.07, 6.45) is 0. The van der Waals surface area contributed by atoms with Crippen LogP contribution >= 0.6 is 45.2 Å². The summed E-state index contributed by atoms with van der Waals surface area (Å²) < 4.78 is 2.17. The molecule has 0 bridgehead atoms. The van der Waals surface area contributed by atoms with Gasteiger partial charge >= 0.3 is 0 Å². The molecule has 4 rings (SSSR count). The van der Waals surface area contributed by atoms with Crippen LogP contribution in [0.25, 0.3) is 0 Å². The number of para-hydroxylation sites is 3. The SMILES string of the molecule is CC(C)c1cccc(N=C(NNC(=Nc2ccccc2C(C)C)Nc2ccccc2I)Nc2ccccc2I)c1. The standard InChI is InChI=1S/C32H34I2N6/c1-21(2)23-12-11-13-24(20-23)35-31(37-29-18-9-6-15-26(29)33)39-40-32(38-30-19-10-7-16-27(30)34)36-28-17-8-5-14-25(28)22(3)4/h5-22H,1-4H3,(H2,35,37,39)(H2,36,38,40). The molecule has 0 aromatic heterocycles. The molecule has 0 amide bonds. The van der Waals surface area contributed by atoms with E-state index in [0.717, 1.165) is 29.9 Å². The van der Waals surface area contributed by atoms with Gasteiger partial charge in [0.1, 0.15) is 0 Å². The highest BCUT2D eigenvalue weighted by Gasteiger charge is 2.11. The third kappa shape index (κ3) is 8.44. The second-order valence-corrected chi connectivity index (χ2v) is 12.2. The second kappa shape index (κ2) is 14.5. The number of hydrogen-bond donors (Lipinski definition) is 4. The number of nitrogens with one attached hydrogen (secondary N) is 4. The lowest BCUT2D eigenvalue weighted by atomic mass is 10.0. The highest BCUT2D eigenvalue weighted by molar-refractivity contribution is 14.1. The highest BCUT2D eigenvalue weighted by Crippen LogP contribution is 2.27. The molecule has 206 valence electrons. The number of benzene rings is 4. The predicted octanol–water partition coefficient (Wildman–Crippen LogP) is 9.14. The summed E-state index contributed by atoms with van der Waals surface area (Å²) in [7, 11) is 0. The van der Waals surface area contributed by atoms with E-state index >= 15 is 0 Å². The monoisotopic (exact) mass is 756 g/mol. The summed E-state index contributed by atoms with van der Waals surface area (Å²) in [6, 6.07) is 32.7. The van der Waals surface area contributed by atoms with Crippen LogP contribution in [-0.4, -0.2) is 11.9 Å². The zero-order chi connectivity index (χ0) is 28.5. The topological polar surface area (TPSA) is 72.8 Å². The van der Waals surface area contributed by atoms with E-state index in [0.29, 0.717) is 23.8 Å². The van der Waals surface area contributed by atoms with Crippen LogP contribution in [0.3, 0.4) is 0 Å². The van der Waals surface area contributed by atoms with E-state index in [1.165, 1.54) is 11.1 Å².